The maximum atomic E-state index is 5.48. The molecule has 1 fully saturated rings. The van der Waals surface area contributed by atoms with Crippen LogP contribution in [0, 0.1) is 17.6 Å². The predicted octanol–water partition coefficient (Wildman–Crippen LogP) is 3.35. The summed E-state index contributed by atoms with van der Waals surface area (Å²) in [6.45, 7) is 5.60. The number of likely N-dealkylation sites (tertiary alicyclic amines) is 1. The highest BCUT2D eigenvalue weighted by Gasteiger charge is 2.18. The molecule has 0 atom stereocenters. The summed E-state index contributed by atoms with van der Waals surface area (Å²) in [5.74, 6) is 0.752. The molecular weight excluding hydrogens is 254 g/mol. The highest BCUT2D eigenvalue weighted by molar-refractivity contribution is 7.71. The number of benzene rings is 1. The molecule has 0 spiro atoms. The average Bonchev–Trinajstić information content (AvgIpc) is 2.69. The molecule has 102 valence electrons. The van der Waals surface area contributed by atoms with Gasteiger partial charge in [0.1, 0.15) is 0 Å². The fourth-order valence-corrected chi connectivity index (χ4v) is 3.23. The molecule has 1 aromatic heterocycles. The van der Waals surface area contributed by atoms with E-state index in [0.717, 1.165) is 22.8 Å². The van der Waals surface area contributed by atoms with E-state index in [4.69, 9.17) is 12.2 Å². The molecule has 1 saturated heterocycles. The van der Waals surface area contributed by atoms with E-state index in [9.17, 15) is 0 Å². The zero-order valence-electron chi connectivity index (χ0n) is 11.6. The first-order chi connectivity index (χ1) is 9.13. The summed E-state index contributed by atoms with van der Waals surface area (Å²) in [4.78, 5) is 5.73. The Morgan fingerprint density at radius 1 is 1.32 bits per heavy atom. The maximum absolute atomic E-state index is 5.48. The number of nitrogens with one attached hydrogen (secondary N) is 1. The van der Waals surface area contributed by atoms with Crippen LogP contribution in [0.5, 0.6) is 0 Å². The van der Waals surface area contributed by atoms with Gasteiger partial charge in [0.2, 0.25) is 0 Å². The fraction of sp³-hybridized carbons (Fsp3) is 0.533. The standard InChI is InChI=1S/C15H21N3S/c1-11-3-4-13-14(9-11)18(15(19)16-13)10-12-5-7-17(2)8-6-12/h3-4,9,12H,5-8,10H2,1-2H3,(H,16,19). The molecule has 0 saturated carbocycles. The Bertz CT molecular complexity index is 632. The molecule has 0 radical (unpaired) electrons. The van der Waals surface area contributed by atoms with Gasteiger partial charge in [-0.1, -0.05) is 6.07 Å². The molecular formula is C15H21N3S. The summed E-state index contributed by atoms with van der Waals surface area (Å²) in [7, 11) is 2.21. The van der Waals surface area contributed by atoms with Crippen LogP contribution in [0.4, 0.5) is 0 Å². The first-order valence-corrected chi connectivity index (χ1v) is 7.42. The lowest BCUT2D eigenvalue weighted by molar-refractivity contribution is 0.206. The van der Waals surface area contributed by atoms with Gasteiger partial charge in [0.05, 0.1) is 11.0 Å². The second kappa shape index (κ2) is 5.10. The van der Waals surface area contributed by atoms with Crippen LogP contribution in [-0.2, 0) is 6.54 Å². The van der Waals surface area contributed by atoms with E-state index >= 15 is 0 Å². The van der Waals surface area contributed by atoms with Crippen LogP contribution < -0.4 is 0 Å². The van der Waals surface area contributed by atoms with E-state index in [0.29, 0.717) is 0 Å². The summed E-state index contributed by atoms with van der Waals surface area (Å²) >= 11 is 5.48. The van der Waals surface area contributed by atoms with Gasteiger partial charge in [-0.05, 0) is 75.7 Å². The number of imidazole rings is 1. The number of hydrogen-bond donors (Lipinski definition) is 1. The van der Waals surface area contributed by atoms with E-state index < -0.39 is 0 Å². The number of H-pyrrole nitrogens is 1. The van der Waals surface area contributed by atoms with E-state index in [1.165, 1.54) is 37.0 Å². The van der Waals surface area contributed by atoms with Gasteiger partial charge in [-0.3, -0.25) is 0 Å². The van der Waals surface area contributed by atoms with Crippen molar-refractivity contribution in [3.05, 3.63) is 28.5 Å². The Morgan fingerprint density at radius 2 is 2.05 bits per heavy atom. The van der Waals surface area contributed by atoms with Gasteiger partial charge in [-0.25, -0.2) is 0 Å². The highest BCUT2D eigenvalue weighted by atomic mass is 32.1. The third kappa shape index (κ3) is 2.60. The third-order valence-corrected chi connectivity index (χ3v) is 4.53. The molecule has 2 heterocycles. The zero-order chi connectivity index (χ0) is 13.4. The summed E-state index contributed by atoms with van der Waals surface area (Å²) < 4.78 is 3.15. The van der Waals surface area contributed by atoms with Crippen LogP contribution in [0.1, 0.15) is 18.4 Å². The highest BCUT2D eigenvalue weighted by Crippen LogP contribution is 2.22. The van der Waals surface area contributed by atoms with Gasteiger partial charge in [0, 0.05) is 6.54 Å². The summed E-state index contributed by atoms with van der Waals surface area (Å²) in [6, 6.07) is 6.50. The van der Waals surface area contributed by atoms with Crippen molar-refractivity contribution in [1.29, 1.82) is 0 Å². The predicted molar refractivity (Wildman–Crippen MR) is 82.1 cm³/mol. The van der Waals surface area contributed by atoms with Crippen molar-refractivity contribution in [2.75, 3.05) is 20.1 Å². The normalized spacial score (nSPS) is 18.2. The van der Waals surface area contributed by atoms with Crippen LogP contribution >= 0.6 is 12.2 Å². The van der Waals surface area contributed by atoms with Gasteiger partial charge in [-0.2, -0.15) is 0 Å². The SMILES string of the molecule is Cc1ccc2[nH]c(=S)n(CC3CCN(C)CC3)c2c1. The van der Waals surface area contributed by atoms with Crippen molar-refractivity contribution < 1.29 is 0 Å². The van der Waals surface area contributed by atoms with Crippen LogP contribution in [0.3, 0.4) is 0 Å². The maximum Gasteiger partial charge on any atom is 0.178 e. The smallest absolute Gasteiger partial charge is 0.178 e. The molecule has 3 nitrogen and oxygen atoms in total. The first kappa shape index (κ1) is 12.9. The first-order valence-electron chi connectivity index (χ1n) is 7.01. The molecule has 0 bridgehead atoms. The van der Waals surface area contributed by atoms with Crippen molar-refractivity contribution in [3.8, 4) is 0 Å². The van der Waals surface area contributed by atoms with E-state index in [2.05, 4.69) is 46.6 Å². The monoisotopic (exact) mass is 275 g/mol. The molecule has 0 amide bonds. The minimum Gasteiger partial charge on any atom is -0.331 e. The van der Waals surface area contributed by atoms with Gasteiger partial charge in [-0.15, -0.1) is 0 Å². The lowest BCUT2D eigenvalue weighted by Gasteiger charge is -2.29. The van der Waals surface area contributed by atoms with Crippen LogP contribution in [0.2, 0.25) is 0 Å². The molecule has 0 aliphatic carbocycles. The van der Waals surface area contributed by atoms with Crippen molar-refractivity contribution in [2.45, 2.75) is 26.3 Å². The molecule has 1 aromatic carbocycles. The molecule has 1 aliphatic rings. The third-order valence-electron chi connectivity index (χ3n) is 4.21. The Kier molecular flexibility index (Phi) is 3.46. The lowest BCUT2D eigenvalue weighted by Crippen LogP contribution is -2.31. The minimum atomic E-state index is 0.752. The number of hydrogen-bond acceptors (Lipinski definition) is 2. The number of fused-ring (bicyclic) bond motifs is 1. The van der Waals surface area contributed by atoms with Crippen LogP contribution in [0.15, 0.2) is 18.2 Å². The number of nitrogens with zero attached hydrogens (tertiary/aromatic N) is 2. The molecule has 0 unspecified atom stereocenters. The largest absolute Gasteiger partial charge is 0.331 e. The van der Waals surface area contributed by atoms with Crippen LogP contribution in [0.25, 0.3) is 11.0 Å². The quantitative estimate of drug-likeness (QED) is 0.850. The van der Waals surface area contributed by atoms with Crippen LogP contribution in [-0.4, -0.2) is 34.6 Å². The summed E-state index contributed by atoms with van der Waals surface area (Å²) in [5, 5.41) is 0. The molecule has 1 aliphatic heterocycles. The zero-order valence-corrected chi connectivity index (χ0v) is 12.5. The Labute approximate surface area is 119 Å². The van der Waals surface area contributed by atoms with Crippen molar-refractivity contribution >= 4 is 23.3 Å². The molecule has 3 rings (SSSR count). The van der Waals surface area contributed by atoms with Gasteiger partial charge in [0.25, 0.3) is 0 Å². The number of aromatic amines is 1. The Morgan fingerprint density at radius 3 is 2.79 bits per heavy atom. The molecule has 19 heavy (non-hydrogen) atoms. The average molecular weight is 275 g/mol. The number of aryl methyl sites for hydroxylation is 1. The molecule has 1 N–H and O–H groups in total. The second-order valence-corrected chi connectivity index (χ2v) is 6.19. The van der Waals surface area contributed by atoms with E-state index in [-0.39, 0.29) is 0 Å². The van der Waals surface area contributed by atoms with Crippen molar-refractivity contribution in [1.82, 2.24) is 14.5 Å². The fourth-order valence-electron chi connectivity index (χ4n) is 2.95. The van der Waals surface area contributed by atoms with Gasteiger partial charge in [0.15, 0.2) is 4.77 Å². The summed E-state index contributed by atoms with van der Waals surface area (Å²) in [6.07, 6.45) is 2.55. The Hall–Kier alpha value is -1.13. The lowest BCUT2D eigenvalue weighted by atomic mass is 9.97. The van der Waals surface area contributed by atoms with E-state index in [1.807, 2.05) is 0 Å². The van der Waals surface area contributed by atoms with Gasteiger partial charge >= 0.3 is 0 Å². The number of piperidine rings is 1. The molecule has 2 aromatic rings. The Balaban J connectivity index is 1.90. The minimum absolute atomic E-state index is 0.752. The molecule has 4 heteroatoms. The summed E-state index contributed by atoms with van der Waals surface area (Å²) in [5.41, 5.74) is 3.70. The van der Waals surface area contributed by atoms with Crippen molar-refractivity contribution in [2.24, 2.45) is 5.92 Å². The second-order valence-electron chi connectivity index (χ2n) is 5.81. The topological polar surface area (TPSA) is 24.0 Å². The number of rotatable bonds is 2. The van der Waals surface area contributed by atoms with Crippen molar-refractivity contribution in [3.63, 3.8) is 0 Å². The number of aromatic nitrogens is 2. The van der Waals surface area contributed by atoms with Gasteiger partial charge < -0.3 is 14.5 Å². The van der Waals surface area contributed by atoms with E-state index in [1.54, 1.807) is 0 Å².